The van der Waals surface area contributed by atoms with Crippen molar-refractivity contribution >= 4 is 0 Å². The predicted octanol–water partition coefficient (Wildman–Crippen LogP) is 2.62. The molecule has 1 fully saturated rings. The van der Waals surface area contributed by atoms with Crippen LogP contribution in [0.5, 0.6) is 0 Å². The minimum absolute atomic E-state index is 0.242. The number of hydrogen-bond acceptors (Lipinski definition) is 1. The zero-order valence-electron chi connectivity index (χ0n) is 7.16. The topological polar surface area (TPSA) is 12.5 Å². The average molecular weight is 160 g/mol. The van der Waals surface area contributed by atoms with Gasteiger partial charge in [0.25, 0.3) is 0 Å². The van der Waals surface area contributed by atoms with Crippen molar-refractivity contribution in [3.63, 3.8) is 0 Å². The molecule has 0 aliphatic carbocycles. The van der Waals surface area contributed by atoms with Crippen LogP contribution in [0.4, 0.5) is 0 Å². The maximum absolute atomic E-state index is 5.41. The van der Waals surface area contributed by atoms with Gasteiger partial charge >= 0.3 is 0 Å². The smallest absolute Gasteiger partial charge is 0.113 e. The highest BCUT2D eigenvalue weighted by atomic mass is 16.6. The molecule has 0 aromatic heterocycles. The van der Waals surface area contributed by atoms with Gasteiger partial charge in [0.1, 0.15) is 12.2 Å². The van der Waals surface area contributed by atoms with Crippen LogP contribution in [0, 0.1) is 6.92 Å². The van der Waals surface area contributed by atoms with Crippen LogP contribution in [0.3, 0.4) is 0 Å². The lowest BCUT2D eigenvalue weighted by Gasteiger charge is -1.99. The van der Waals surface area contributed by atoms with Crippen LogP contribution in [-0.2, 0) is 4.74 Å². The molecule has 0 spiro atoms. The summed E-state index contributed by atoms with van der Waals surface area (Å²) in [4.78, 5) is 0. The molecular weight excluding hydrogens is 148 g/mol. The third kappa shape index (κ3) is 1.16. The van der Waals surface area contributed by atoms with Crippen molar-refractivity contribution in [3.8, 4) is 0 Å². The Bertz CT molecular complexity index is 304. The van der Waals surface area contributed by atoms with Gasteiger partial charge in [0.2, 0.25) is 0 Å². The fraction of sp³-hybridized carbons (Fsp3) is 0.273. The van der Waals surface area contributed by atoms with Gasteiger partial charge in [0, 0.05) is 0 Å². The van der Waals surface area contributed by atoms with Gasteiger partial charge in [-0.2, -0.15) is 0 Å². The van der Waals surface area contributed by atoms with E-state index in [4.69, 9.17) is 4.74 Å². The van der Waals surface area contributed by atoms with Crippen LogP contribution in [0.2, 0.25) is 0 Å². The van der Waals surface area contributed by atoms with Gasteiger partial charge in [-0.3, -0.25) is 0 Å². The Morgan fingerprint density at radius 2 is 2.17 bits per heavy atom. The zero-order chi connectivity index (χ0) is 8.55. The molecule has 1 aromatic rings. The third-order valence-corrected chi connectivity index (χ3v) is 2.25. The second-order valence-corrected chi connectivity index (χ2v) is 3.11. The second-order valence-electron chi connectivity index (χ2n) is 3.11. The number of benzene rings is 1. The summed E-state index contributed by atoms with van der Waals surface area (Å²) in [6.45, 7) is 5.81. The van der Waals surface area contributed by atoms with Crippen molar-refractivity contribution in [3.05, 3.63) is 48.0 Å². The summed E-state index contributed by atoms with van der Waals surface area (Å²) >= 11 is 0. The van der Waals surface area contributed by atoms with Gasteiger partial charge in [0.05, 0.1) is 0 Å². The molecule has 2 rings (SSSR count). The first kappa shape index (κ1) is 7.56. The van der Waals surface area contributed by atoms with E-state index in [1.54, 1.807) is 0 Å². The van der Waals surface area contributed by atoms with Crippen LogP contribution < -0.4 is 0 Å². The van der Waals surface area contributed by atoms with Crippen molar-refractivity contribution in [2.75, 3.05) is 0 Å². The van der Waals surface area contributed by atoms with Crippen LogP contribution in [0.25, 0.3) is 0 Å². The van der Waals surface area contributed by atoms with E-state index in [-0.39, 0.29) is 12.2 Å². The first-order valence-electron chi connectivity index (χ1n) is 4.16. The average Bonchev–Trinajstić information content (AvgIpc) is 2.84. The van der Waals surface area contributed by atoms with Gasteiger partial charge in [-0.05, 0) is 18.1 Å². The summed E-state index contributed by atoms with van der Waals surface area (Å²) in [6.07, 6.45) is 2.37. The van der Waals surface area contributed by atoms with E-state index < -0.39 is 0 Å². The minimum Gasteiger partial charge on any atom is -0.360 e. The maximum Gasteiger partial charge on any atom is 0.113 e. The van der Waals surface area contributed by atoms with Crippen LogP contribution in [0.15, 0.2) is 36.9 Å². The van der Waals surface area contributed by atoms with Gasteiger partial charge < -0.3 is 4.74 Å². The van der Waals surface area contributed by atoms with Gasteiger partial charge in [0.15, 0.2) is 0 Å². The van der Waals surface area contributed by atoms with Crippen molar-refractivity contribution in [2.45, 2.75) is 19.1 Å². The number of epoxide rings is 1. The molecule has 0 unspecified atom stereocenters. The normalized spacial score (nSPS) is 26.8. The fourth-order valence-corrected chi connectivity index (χ4v) is 1.46. The highest BCUT2D eigenvalue weighted by Crippen LogP contribution is 2.40. The number of rotatable bonds is 2. The van der Waals surface area contributed by atoms with E-state index in [1.807, 2.05) is 18.2 Å². The highest BCUT2D eigenvalue weighted by molar-refractivity contribution is 5.32. The van der Waals surface area contributed by atoms with Gasteiger partial charge in [-0.15, -0.1) is 6.58 Å². The van der Waals surface area contributed by atoms with E-state index in [2.05, 4.69) is 25.6 Å². The first-order chi connectivity index (χ1) is 5.83. The Balaban J connectivity index is 2.25. The van der Waals surface area contributed by atoms with E-state index in [0.717, 1.165) is 0 Å². The lowest BCUT2D eigenvalue weighted by atomic mass is 10.0. The monoisotopic (exact) mass is 160 g/mol. The molecule has 1 aromatic carbocycles. The molecule has 0 amide bonds. The quantitative estimate of drug-likeness (QED) is 0.478. The van der Waals surface area contributed by atoms with Gasteiger partial charge in [-0.25, -0.2) is 0 Å². The molecule has 0 radical (unpaired) electrons. The summed E-state index contributed by atoms with van der Waals surface area (Å²) in [5.74, 6) is 0. The molecule has 0 bridgehead atoms. The molecule has 1 aliphatic rings. The molecule has 1 heterocycles. The number of ether oxygens (including phenoxy) is 1. The summed E-state index contributed by atoms with van der Waals surface area (Å²) < 4.78 is 5.41. The standard InChI is InChI=1S/C11H12O/c1-3-10-11(12-10)9-7-5-4-6-8(9)2/h3-7,10-11H,1H2,2H3/t10-,11-/m0/s1. The molecule has 2 atom stereocenters. The lowest BCUT2D eigenvalue weighted by molar-refractivity contribution is 0.393. The van der Waals surface area contributed by atoms with E-state index in [0.29, 0.717) is 0 Å². The first-order valence-corrected chi connectivity index (χ1v) is 4.16. The third-order valence-electron chi connectivity index (χ3n) is 2.25. The van der Waals surface area contributed by atoms with E-state index in [9.17, 15) is 0 Å². The van der Waals surface area contributed by atoms with Crippen LogP contribution in [0.1, 0.15) is 17.2 Å². The Hall–Kier alpha value is -1.08. The van der Waals surface area contributed by atoms with Crippen molar-refractivity contribution < 1.29 is 4.74 Å². The SMILES string of the molecule is C=C[C@@H]1O[C@H]1c1ccccc1C. The highest BCUT2D eigenvalue weighted by Gasteiger charge is 2.37. The molecule has 1 heteroatoms. The Labute approximate surface area is 72.7 Å². The molecular formula is C11H12O. The molecule has 1 nitrogen and oxygen atoms in total. The molecule has 0 saturated carbocycles. The largest absolute Gasteiger partial charge is 0.360 e. The van der Waals surface area contributed by atoms with Crippen molar-refractivity contribution in [2.24, 2.45) is 0 Å². The second kappa shape index (κ2) is 2.76. The summed E-state index contributed by atoms with van der Waals surface area (Å²) in [6, 6.07) is 8.31. The molecule has 12 heavy (non-hydrogen) atoms. The molecule has 1 saturated heterocycles. The number of aryl methyl sites for hydroxylation is 1. The summed E-state index contributed by atoms with van der Waals surface area (Å²) in [7, 11) is 0. The van der Waals surface area contributed by atoms with Crippen molar-refractivity contribution in [1.29, 1.82) is 0 Å². The van der Waals surface area contributed by atoms with Gasteiger partial charge in [-0.1, -0.05) is 30.3 Å². The van der Waals surface area contributed by atoms with Crippen molar-refractivity contribution in [1.82, 2.24) is 0 Å². The van der Waals surface area contributed by atoms with Crippen LogP contribution >= 0.6 is 0 Å². The lowest BCUT2D eigenvalue weighted by Crippen LogP contribution is -1.87. The maximum atomic E-state index is 5.41. The van der Waals surface area contributed by atoms with Crippen LogP contribution in [-0.4, -0.2) is 6.10 Å². The molecule has 0 N–H and O–H groups in total. The molecule has 62 valence electrons. The summed E-state index contributed by atoms with van der Waals surface area (Å²) in [5, 5.41) is 0. The zero-order valence-corrected chi connectivity index (χ0v) is 7.16. The minimum atomic E-state index is 0.242. The Morgan fingerprint density at radius 1 is 1.42 bits per heavy atom. The summed E-state index contributed by atoms with van der Waals surface area (Å²) in [5.41, 5.74) is 2.59. The van der Waals surface area contributed by atoms with E-state index in [1.165, 1.54) is 11.1 Å². The Kier molecular flexibility index (Phi) is 1.74. The van der Waals surface area contributed by atoms with E-state index >= 15 is 0 Å². The number of hydrogen-bond donors (Lipinski definition) is 0. The Morgan fingerprint density at radius 3 is 2.75 bits per heavy atom. The predicted molar refractivity (Wildman–Crippen MR) is 49.0 cm³/mol. The fourth-order valence-electron chi connectivity index (χ4n) is 1.46. The molecule has 1 aliphatic heterocycles.